The zero-order chi connectivity index (χ0) is 13.8. The molecule has 104 valence electrons. The number of aliphatic hydroxyl groups is 1. The second-order valence-corrected chi connectivity index (χ2v) is 3.96. The summed E-state index contributed by atoms with van der Waals surface area (Å²) in [6, 6.07) is 9.62. The molecule has 0 bridgehead atoms. The smallest absolute Gasteiger partial charge is 0.174 e. The van der Waals surface area contributed by atoms with Gasteiger partial charge in [-0.2, -0.15) is 5.26 Å². The van der Waals surface area contributed by atoms with Crippen LogP contribution in [0.2, 0.25) is 0 Å². The van der Waals surface area contributed by atoms with Gasteiger partial charge in [0.15, 0.2) is 6.61 Å². The van der Waals surface area contributed by atoms with E-state index in [0.717, 1.165) is 25.1 Å². The third-order valence-electron chi connectivity index (χ3n) is 2.41. The number of hydrogen-bond acceptors (Lipinski definition) is 5. The minimum Gasteiger partial charge on any atom is -0.479 e. The van der Waals surface area contributed by atoms with Crippen LogP contribution in [0.4, 0.5) is 0 Å². The lowest BCUT2D eigenvalue weighted by Gasteiger charge is -2.07. The van der Waals surface area contributed by atoms with Crippen LogP contribution in [-0.2, 0) is 11.3 Å². The van der Waals surface area contributed by atoms with E-state index in [-0.39, 0.29) is 13.2 Å². The lowest BCUT2D eigenvalue weighted by Crippen LogP contribution is -2.16. The van der Waals surface area contributed by atoms with E-state index in [1.807, 2.05) is 30.3 Å². The second-order valence-electron chi connectivity index (χ2n) is 3.96. The van der Waals surface area contributed by atoms with Crippen LogP contribution in [0.3, 0.4) is 0 Å². The summed E-state index contributed by atoms with van der Waals surface area (Å²) in [4.78, 5) is 0. The molecule has 0 unspecified atom stereocenters. The van der Waals surface area contributed by atoms with Crippen molar-refractivity contribution in [1.29, 1.82) is 5.26 Å². The minimum absolute atomic E-state index is 0.0685. The van der Waals surface area contributed by atoms with Crippen molar-refractivity contribution in [2.24, 2.45) is 0 Å². The number of nitriles is 1. The molecule has 1 aromatic rings. The summed E-state index contributed by atoms with van der Waals surface area (Å²) in [5.74, 6) is 0.715. The Labute approximate surface area is 113 Å². The van der Waals surface area contributed by atoms with Crippen LogP contribution < -0.4 is 10.1 Å². The summed E-state index contributed by atoms with van der Waals surface area (Å²) in [5.41, 5.74) is 1.12. The number of hydrogen-bond donors (Lipinski definition) is 2. The molecule has 0 aliphatic heterocycles. The first-order valence-corrected chi connectivity index (χ1v) is 6.35. The zero-order valence-electron chi connectivity index (χ0n) is 11.0. The third kappa shape index (κ3) is 7.42. The Bertz CT molecular complexity index is 391. The van der Waals surface area contributed by atoms with Gasteiger partial charge < -0.3 is 19.9 Å². The maximum Gasteiger partial charge on any atom is 0.174 e. The fraction of sp³-hybridized carbons (Fsp3) is 0.500. The van der Waals surface area contributed by atoms with Crippen LogP contribution in [-0.4, -0.2) is 38.1 Å². The molecule has 0 spiro atoms. The molecule has 0 aromatic heterocycles. The molecule has 5 heteroatoms. The lowest BCUT2D eigenvalue weighted by molar-refractivity contribution is 0.0907. The summed E-state index contributed by atoms with van der Waals surface area (Å²) < 4.78 is 10.4. The molecule has 5 nitrogen and oxygen atoms in total. The molecule has 0 amide bonds. The van der Waals surface area contributed by atoms with E-state index >= 15 is 0 Å². The molecule has 0 saturated heterocycles. The molecule has 2 N–H and O–H groups in total. The highest BCUT2D eigenvalue weighted by Gasteiger charge is 1.97. The van der Waals surface area contributed by atoms with Crippen molar-refractivity contribution < 1.29 is 14.6 Å². The van der Waals surface area contributed by atoms with Crippen LogP contribution in [0.5, 0.6) is 5.75 Å². The zero-order valence-corrected chi connectivity index (χ0v) is 11.0. The minimum atomic E-state index is 0.0685. The molecule has 0 saturated carbocycles. The average molecular weight is 264 g/mol. The molecular formula is C14H20N2O3. The number of rotatable bonds is 10. The Kier molecular flexibility index (Phi) is 8.39. The molecule has 1 rings (SSSR count). The normalized spacial score (nSPS) is 10.1. The monoisotopic (exact) mass is 264 g/mol. The number of ether oxygens (including phenoxy) is 2. The van der Waals surface area contributed by atoms with Crippen molar-refractivity contribution in [2.45, 2.75) is 13.0 Å². The highest BCUT2D eigenvalue weighted by molar-refractivity contribution is 5.28. The maximum atomic E-state index is 8.53. The van der Waals surface area contributed by atoms with Gasteiger partial charge in [-0.15, -0.1) is 0 Å². The van der Waals surface area contributed by atoms with Gasteiger partial charge in [0.25, 0.3) is 0 Å². The lowest BCUT2D eigenvalue weighted by atomic mass is 10.2. The van der Waals surface area contributed by atoms with Gasteiger partial charge in [-0.25, -0.2) is 0 Å². The Balaban J connectivity index is 2.16. The van der Waals surface area contributed by atoms with Gasteiger partial charge in [0.2, 0.25) is 0 Å². The fourth-order valence-corrected chi connectivity index (χ4v) is 1.56. The van der Waals surface area contributed by atoms with E-state index < -0.39 is 0 Å². The van der Waals surface area contributed by atoms with Crippen molar-refractivity contribution in [1.82, 2.24) is 5.32 Å². The van der Waals surface area contributed by atoms with Crippen molar-refractivity contribution in [3.05, 3.63) is 29.8 Å². The topological polar surface area (TPSA) is 74.5 Å². The van der Waals surface area contributed by atoms with Gasteiger partial charge in [0, 0.05) is 13.2 Å². The van der Waals surface area contributed by atoms with Crippen molar-refractivity contribution in [2.75, 3.05) is 33.0 Å². The van der Waals surface area contributed by atoms with Gasteiger partial charge in [-0.3, -0.25) is 0 Å². The predicted molar refractivity (Wildman–Crippen MR) is 71.8 cm³/mol. The van der Waals surface area contributed by atoms with Gasteiger partial charge in [0.05, 0.1) is 13.2 Å². The first kappa shape index (κ1) is 15.4. The van der Waals surface area contributed by atoms with E-state index in [9.17, 15) is 0 Å². The van der Waals surface area contributed by atoms with Gasteiger partial charge >= 0.3 is 0 Å². The highest BCUT2D eigenvalue weighted by Crippen LogP contribution is 2.12. The van der Waals surface area contributed by atoms with E-state index in [0.29, 0.717) is 19.0 Å². The Morgan fingerprint density at radius 1 is 1.32 bits per heavy atom. The van der Waals surface area contributed by atoms with Crippen molar-refractivity contribution in [3.8, 4) is 11.8 Å². The van der Waals surface area contributed by atoms with Crippen LogP contribution in [0.15, 0.2) is 24.3 Å². The van der Waals surface area contributed by atoms with Crippen LogP contribution in [0, 0.1) is 11.3 Å². The SMILES string of the molecule is N#CCOc1cccc(CNCCCOCCO)c1. The molecule has 0 radical (unpaired) electrons. The number of nitrogens with one attached hydrogen (secondary N) is 1. The highest BCUT2D eigenvalue weighted by atomic mass is 16.5. The number of aliphatic hydroxyl groups excluding tert-OH is 1. The maximum absolute atomic E-state index is 8.53. The van der Waals surface area contributed by atoms with Crippen molar-refractivity contribution >= 4 is 0 Å². The van der Waals surface area contributed by atoms with Crippen LogP contribution >= 0.6 is 0 Å². The van der Waals surface area contributed by atoms with Gasteiger partial charge in [-0.05, 0) is 30.7 Å². The van der Waals surface area contributed by atoms with E-state index in [4.69, 9.17) is 19.8 Å². The quantitative estimate of drug-likeness (QED) is 0.618. The third-order valence-corrected chi connectivity index (χ3v) is 2.41. The molecule has 19 heavy (non-hydrogen) atoms. The molecule has 0 fully saturated rings. The standard InChI is InChI=1S/C14H20N2O3/c15-5-9-19-14-4-1-3-13(11-14)12-16-6-2-8-18-10-7-17/h1,3-4,11,16-17H,2,6-10,12H2. The summed E-state index contributed by atoms with van der Waals surface area (Å²) in [6.07, 6.45) is 0.907. The molecule has 1 aromatic carbocycles. The summed E-state index contributed by atoms with van der Waals surface area (Å²) >= 11 is 0. The number of benzene rings is 1. The first-order chi connectivity index (χ1) is 9.36. The molecule has 0 heterocycles. The van der Waals surface area contributed by atoms with E-state index in [1.165, 1.54) is 0 Å². The average Bonchev–Trinajstić information content (AvgIpc) is 2.44. The van der Waals surface area contributed by atoms with Crippen LogP contribution in [0.1, 0.15) is 12.0 Å². The Morgan fingerprint density at radius 3 is 3.00 bits per heavy atom. The largest absolute Gasteiger partial charge is 0.479 e. The van der Waals surface area contributed by atoms with E-state index in [1.54, 1.807) is 0 Å². The Morgan fingerprint density at radius 2 is 2.21 bits per heavy atom. The second kappa shape index (κ2) is 10.3. The fourth-order valence-electron chi connectivity index (χ4n) is 1.56. The number of nitrogens with zero attached hydrogens (tertiary/aromatic N) is 1. The molecule has 0 aliphatic carbocycles. The summed E-state index contributed by atoms with van der Waals surface area (Å²) in [7, 11) is 0. The van der Waals surface area contributed by atoms with E-state index in [2.05, 4.69) is 5.32 Å². The molecule has 0 aliphatic rings. The molecule has 0 atom stereocenters. The first-order valence-electron chi connectivity index (χ1n) is 6.35. The molecular weight excluding hydrogens is 244 g/mol. The predicted octanol–water partition coefficient (Wildman–Crippen LogP) is 1.08. The summed E-state index contributed by atoms with van der Waals surface area (Å²) in [6.45, 7) is 2.80. The van der Waals surface area contributed by atoms with Crippen molar-refractivity contribution in [3.63, 3.8) is 0 Å². The van der Waals surface area contributed by atoms with Crippen LogP contribution in [0.25, 0.3) is 0 Å². The summed E-state index contributed by atoms with van der Waals surface area (Å²) in [5, 5.41) is 20.3. The van der Waals surface area contributed by atoms with Gasteiger partial charge in [0.1, 0.15) is 11.8 Å². The Hall–Kier alpha value is -1.61. The van der Waals surface area contributed by atoms with Gasteiger partial charge in [-0.1, -0.05) is 12.1 Å².